The Morgan fingerprint density at radius 2 is 1.48 bits per heavy atom. The van der Waals surface area contributed by atoms with E-state index in [-0.39, 0.29) is 12.1 Å². The summed E-state index contributed by atoms with van der Waals surface area (Å²) >= 11 is 0. The van der Waals surface area contributed by atoms with Crippen LogP contribution in [0, 0.1) is 0 Å². The fourth-order valence-corrected chi connectivity index (χ4v) is 2.88. The molecule has 0 saturated heterocycles. The molecule has 4 nitrogen and oxygen atoms in total. The number of esters is 1. The van der Waals surface area contributed by atoms with Crippen molar-refractivity contribution in [1.29, 1.82) is 0 Å². The highest BCUT2D eigenvalue weighted by atomic mass is 16.6. The molecule has 3 atom stereocenters. The van der Waals surface area contributed by atoms with Crippen LogP contribution in [0.1, 0.15) is 31.4 Å². The summed E-state index contributed by atoms with van der Waals surface area (Å²) < 4.78 is 17.7. The van der Waals surface area contributed by atoms with Crippen LogP contribution in [0.15, 0.2) is 73.3 Å². The summed E-state index contributed by atoms with van der Waals surface area (Å²) in [6, 6.07) is 19.9. The van der Waals surface area contributed by atoms with E-state index >= 15 is 0 Å². The van der Waals surface area contributed by atoms with Crippen molar-refractivity contribution in [3.05, 3.63) is 84.4 Å². The molecule has 0 amide bonds. The SMILES string of the molecule is C=CC[C@H](OCc1ccccc1)[C@@H](OCc1ccccc1)[C@H](C)OC(C)=O. The Bertz CT molecular complexity index is 684. The predicted molar refractivity (Wildman–Crippen MR) is 106 cm³/mol. The van der Waals surface area contributed by atoms with Gasteiger partial charge in [-0.1, -0.05) is 66.7 Å². The lowest BCUT2D eigenvalue weighted by molar-refractivity contribution is -0.167. The molecule has 144 valence electrons. The standard InChI is InChI=1S/C23H28O4/c1-4-11-22(25-16-20-12-7-5-8-13-20)23(18(2)27-19(3)24)26-17-21-14-9-6-10-15-21/h4-10,12-15,18,22-23H,1,11,16-17H2,2-3H3/t18-,22-,23-/m0/s1. The first-order chi connectivity index (χ1) is 13.1. The molecule has 4 heteroatoms. The minimum atomic E-state index is -0.438. The summed E-state index contributed by atoms with van der Waals surface area (Å²) in [4.78, 5) is 11.5. The van der Waals surface area contributed by atoms with E-state index in [0.29, 0.717) is 19.6 Å². The van der Waals surface area contributed by atoms with E-state index in [4.69, 9.17) is 14.2 Å². The molecule has 0 unspecified atom stereocenters. The van der Waals surface area contributed by atoms with Crippen molar-refractivity contribution >= 4 is 5.97 Å². The van der Waals surface area contributed by atoms with Crippen molar-refractivity contribution in [1.82, 2.24) is 0 Å². The third-order valence-corrected chi connectivity index (χ3v) is 4.17. The van der Waals surface area contributed by atoms with Gasteiger partial charge < -0.3 is 14.2 Å². The monoisotopic (exact) mass is 368 g/mol. The van der Waals surface area contributed by atoms with Gasteiger partial charge in [-0.3, -0.25) is 4.79 Å². The molecule has 0 aliphatic carbocycles. The van der Waals surface area contributed by atoms with Crippen LogP contribution in [0.25, 0.3) is 0 Å². The molecule has 2 aromatic carbocycles. The summed E-state index contributed by atoms with van der Waals surface area (Å²) in [5.74, 6) is -0.337. The van der Waals surface area contributed by atoms with E-state index in [1.807, 2.05) is 67.6 Å². The quantitative estimate of drug-likeness (QED) is 0.426. The highest BCUT2D eigenvalue weighted by molar-refractivity contribution is 5.66. The lowest BCUT2D eigenvalue weighted by Gasteiger charge is -2.31. The molecule has 0 saturated carbocycles. The lowest BCUT2D eigenvalue weighted by atomic mass is 10.0. The number of hydrogen-bond acceptors (Lipinski definition) is 4. The van der Waals surface area contributed by atoms with Gasteiger partial charge >= 0.3 is 5.97 Å². The smallest absolute Gasteiger partial charge is 0.302 e. The van der Waals surface area contributed by atoms with Gasteiger partial charge in [0.05, 0.1) is 19.3 Å². The maximum absolute atomic E-state index is 11.5. The molecule has 2 rings (SSSR count). The van der Waals surface area contributed by atoms with Gasteiger partial charge in [0.15, 0.2) is 0 Å². The van der Waals surface area contributed by atoms with Crippen LogP contribution in [0.3, 0.4) is 0 Å². The van der Waals surface area contributed by atoms with Crippen molar-refractivity contribution in [2.75, 3.05) is 0 Å². The first-order valence-corrected chi connectivity index (χ1v) is 9.19. The first-order valence-electron chi connectivity index (χ1n) is 9.19. The maximum Gasteiger partial charge on any atom is 0.302 e. The molecule has 0 aliphatic heterocycles. The lowest BCUT2D eigenvalue weighted by Crippen LogP contribution is -2.41. The Kier molecular flexibility index (Phi) is 8.75. The van der Waals surface area contributed by atoms with Gasteiger partial charge in [-0.25, -0.2) is 0 Å². The average molecular weight is 368 g/mol. The van der Waals surface area contributed by atoms with E-state index in [9.17, 15) is 4.79 Å². The molecule has 0 radical (unpaired) electrons. The Hall–Kier alpha value is -2.43. The van der Waals surface area contributed by atoms with Crippen LogP contribution in [0.5, 0.6) is 0 Å². The molecular weight excluding hydrogens is 340 g/mol. The molecule has 0 aliphatic rings. The van der Waals surface area contributed by atoms with E-state index in [1.165, 1.54) is 6.92 Å². The van der Waals surface area contributed by atoms with Crippen LogP contribution in [0.2, 0.25) is 0 Å². The van der Waals surface area contributed by atoms with Gasteiger partial charge in [-0.05, 0) is 24.5 Å². The van der Waals surface area contributed by atoms with Gasteiger partial charge in [0.25, 0.3) is 0 Å². The van der Waals surface area contributed by atoms with Crippen LogP contribution in [-0.4, -0.2) is 24.3 Å². The van der Waals surface area contributed by atoms with Gasteiger partial charge in [-0.15, -0.1) is 6.58 Å². The largest absolute Gasteiger partial charge is 0.460 e. The second-order valence-corrected chi connectivity index (χ2v) is 6.44. The van der Waals surface area contributed by atoms with Crippen LogP contribution in [-0.2, 0) is 32.2 Å². The molecule has 2 aromatic rings. The van der Waals surface area contributed by atoms with Crippen molar-refractivity contribution < 1.29 is 19.0 Å². The fourth-order valence-electron chi connectivity index (χ4n) is 2.88. The molecule has 0 heterocycles. The third-order valence-electron chi connectivity index (χ3n) is 4.17. The Labute approximate surface area is 161 Å². The van der Waals surface area contributed by atoms with E-state index in [2.05, 4.69) is 6.58 Å². The topological polar surface area (TPSA) is 44.8 Å². The number of hydrogen-bond donors (Lipinski definition) is 0. The number of benzene rings is 2. The van der Waals surface area contributed by atoms with Crippen molar-refractivity contribution in [3.8, 4) is 0 Å². The summed E-state index contributed by atoms with van der Waals surface area (Å²) in [6.45, 7) is 7.94. The van der Waals surface area contributed by atoms with Gasteiger partial charge in [0.2, 0.25) is 0 Å². The van der Waals surface area contributed by atoms with E-state index < -0.39 is 12.2 Å². The molecule has 27 heavy (non-hydrogen) atoms. The molecule has 0 fully saturated rings. The summed E-state index contributed by atoms with van der Waals surface area (Å²) in [6.07, 6.45) is 1.27. The average Bonchev–Trinajstić information content (AvgIpc) is 2.67. The van der Waals surface area contributed by atoms with E-state index in [1.54, 1.807) is 6.08 Å². The first kappa shape index (κ1) is 20.9. The Balaban J connectivity index is 2.09. The molecule has 0 N–H and O–H groups in total. The number of carbonyl (C=O) groups is 1. The summed E-state index contributed by atoms with van der Waals surface area (Å²) in [5.41, 5.74) is 2.13. The predicted octanol–water partition coefficient (Wildman–Crippen LogP) is 4.68. The Morgan fingerprint density at radius 3 is 1.96 bits per heavy atom. The van der Waals surface area contributed by atoms with Crippen LogP contribution in [0.4, 0.5) is 0 Å². The second kappa shape index (κ2) is 11.3. The normalized spacial score (nSPS) is 14.1. The van der Waals surface area contributed by atoms with Crippen molar-refractivity contribution in [2.45, 2.75) is 51.8 Å². The minimum Gasteiger partial charge on any atom is -0.460 e. The van der Waals surface area contributed by atoms with E-state index in [0.717, 1.165) is 11.1 Å². The number of rotatable bonds is 11. The van der Waals surface area contributed by atoms with Crippen molar-refractivity contribution in [2.24, 2.45) is 0 Å². The number of ether oxygens (including phenoxy) is 3. The van der Waals surface area contributed by atoms with Crippen LogP contribution < -0.4 is 0 Å². The van der Waals surface area contributed by atoms with Crippen LogP contribution >= 0.6 is 0 Å². The molecule has 0 bridgehead atoms. The third kappa shape index (κ3) is 7.37. The fraction of sp³-hybridized carbons (Fsp3) is 0.348. The summed E-state index contributed by atoms with van der Waals surface area (Å²) in [7, 11) is 0. The van der Waals surface area contributed by atoms with Gasteiger partial charge in [0.1, 0.15) is 12.2 Å². The zero-order chi connectivity index (χ0) is 19.5. The number of carbonyl (C=O) groups excluding carboxylic acids is 1. The minimum absolute atomic E-state index is 0.277. The highest BCUT2D eigenvalue weighted by Crippen LogP contribution is 2.19. The Morgan fingerprint density at radius 1 is 0.963 bits per heavy atom. The molecular formula is C23H28O4. The zero-order valence-corrected chi connectivity index (χ0v) is 16.0. The highest BCUT2D eigenvalue weighted by Gasteiger charge is 2.30. The van der Waals surface area contributed by atoms with Gasteiger partial charge in [-0.2, -0.15) is 0 Å². The molecule has 0 spiro atoms. The second-order valence-electron chi connectivity index (χ2n) is 6.44. The van der Waals surface area contributed by atoms with Crippen molar-refractivity contribution in [3.63, 3.8) is 0 Å². The summed E-state index contributed by atoms with van der Waals surface area (Å²) in [5, 5.41) is 0. The zero-order valence-electron chi connectivity index (χ0n) is 16.0. The maximum atomic E-state index is 11.5. The van der Waals surface area contributed by atoms with Gasteiger partial charge in [0, 0.05) is 6.92 Å². The molecule has 0 aromatic heterocycles.